The van der Waals surface area contributed by atoms with Crippen molar-refractivity contribution in [3.05, 3.63) is 41.7 Å². The number of hydrogen-bond acceptors (Lipinski definition) is 7. The number of nitrogens with zero attached hydrogens (tertiary/aromatic N) is 8. The van der Waals surface area contributed by atoms with E-state index >= 15 is 0 Å². The van der Waals surface area contributed by atoms with Gasteiger partial charge in [-0.05, 0) is 19.2 Å². The summed E-state index contributed by atoms with van der Waals surface area (Å²) in [7, 11) is 5.88. The van der Waals surface area contributed by atoms with Gasteiger partial charge in [0.25, 0.3) is 0 Å². The monoisotopic (exact) mass is 405 g/mol. The second-order valence-corrected chi connectivity index (χ2v) is 7.50. The summed E-state index contributed by atoms with van der Waals surface area (Å²) < 4.78 is 11.6. The van der Waals surface area contributed by atoms with Crippen molar-refractivity contribution in [3.8, 4) is 17.1 Å². The van der Waals surface area contributed by atoms with Crippen molar-refractivity contribution in [2.45, 2.75) is 6.54 Å². The van der Waals surface area contributed by atoms with Crippen molar-refractivity contribution in [2.24, 2.45) is 14.1 Å². The van der Waals surface area contributed by atoms with Crippen LogP contribution < -0.4 is 10.5 Å². The predicted octanol–water partition coefficient (Wildman–Crippen LogP) is 1.44. The first-order chi connectivity index (χ1) is 14.5. The van der Waals surface area contributed by atoms with Crippen LogP contribution in [0.5, 0.6) is 5.88 Å². The normalized spacial score (nSPS) is 16.0. The molecule has 0 saturated heterocycles. The van der Waals surface area contributed by atoms with Gasteiger partial charge in [-0.25, -0.2) is 9.97 Å². The highest BCUT2D eigenvalue weighted by atomic mass is 16.5. The lowest BCUT2D eigenvalue weighted by Gasteiger charge is -2.17. The molecule has 5 rings (SSSR count). The standard InChI is InChI=1S/C20H23N9O/c1-26-6-7-30-20-15(10-27(2)25-20)16-11-29-14(9-22-19(29)18(21)24-16)5-4-13-8-23-28(3)17(13)12-26/h4-5,8-11H,6-7,12H2,1-3H3,(H2,21,24)/b5-4+. The first kappa shape index (κ1) is 18.4. The molecular weight excluding hydrogens is 382 g/mol. The van der Waals surface area contributed by atoms with E-state index in [2.05, 4.69) is 38.2 Å². The number of nitrogen functional groups attached to an aromatic ring is 1. The Morgan fingerprint density at radius 3 is 2.83 bits per heavy atom. The van der Waals surface area contributed by atoms with Crippen molar-refractivity contribution in [1.82, 2.24) is 38.8 Å². The van der Waals surface area contributed by atoms with Gasteiger partial charge in [0, 0.05) is 45.1 Å². The zero-order chi connectivity index (χ0) is 20.8. The van der Waals surface area contributed by atoms with Crippen LogP contribution in [0.1, 0.15) is 17.0 Å². The highest BCUT2D eigenvalue weighted by Crippen LogP contribution is 2.29. The number of hydrogen-bond donors (Lipinski definition) is 1. The third kappa shape index (κ3) is 3.11. The Morgan fingerprint density at radius 1 is 1.10 bits per heavy atom. The number of anilines is 1. The molecule has 0 spiro atoms. The summed E-state index contributed by atoms with van der Waals surface area (Å²) in [6.45, 7) is 1.99. The molecule has 4 aromatic heterocycles. The lowest BCUT2D eigenvalue weighted by atomic mass is 10.2. The van der Waals surface area contributed by atoms with E-state index in [-0.39, 0.29) is 0 Å². The average Bonchev–Trinajstić information content (AvgIpc) is 3.38. The van der Waals surface area contributed by atoms with E-state index in [9.17, 15) is 0 Å². The molecule has 5 heterocycles. The zero-order valence-corrected chi connectivity index (χ0v) is 17.1. The molecule has 0 aromatic carbocycles. The third-order valence-electron chi connectivity index (χ3n) is 5.28. The number of fused-ring (bicyclic) bond motifs is 4. The number of imidazole rings is 1. The smallest absolute Gasteiger partial charge is 0.242 e. The highest BCUT2D eigenvalue weighted by Gasteiger charge is 2.17. The molecule has 2 bridgehead atoms. The second kappa shape index (κ2) is 6.99. The van der Waals surface area contributed by atoms with E-state index < -0.39 is 0 Å². The lowest BCUT2D eigenvalue weighted by Crippen LogP contribution is -2.25. The minimum atomic E-state index is 0.355. The van der Waals surface area contributed by atoms with Gasteiger partial charge in [0.05, 0.1) is 35.0 Å². The Hall–Kier alpha value is -3.66. The van der Waals surface area contributed by atoms with Gasteiger partial charge in [-0.1, -0.05) is 0 Å². The Kier molecular flexibility index (Phi) is 4.28. The van der Waals surface area contributed by atoms with Crippen LogP contribution in [0.25, 0.3) is 29.1 Å². The SMILES string of the molecule is CN1CCOc2nn(C)cc2-c2cn3c(cnc3c(N)n2)/C=C/c2cnn(C)c2C1. The second-order valence-electron chi connectivity index (χ2n) is 7.50. The van der Waals surface area contributed by atoms with Gasteiger partial charge in [-0.2, -0.15) is 5.10 Å². The molecule has 10 heteroatoms. The van der Waals surface area contributed by atoms with Crippen LogP contribution >= 0.6 is 0 Å². The average molecular weight is 405 g/mol. The maximum Gasteiger partial charge on any atom is 0.242 e. The summed E-state index contributed by atoms with van der Waals surface area (Å²) in [4.78, 5) is 11.2. The first-order valence-corrected chi connectivity index (χ1v) is 9.67. The Balaban J connectivity index is 1.69. The van der Waals surface area contributed by atoms with E-state index in [1.807, 2.05) is 47.8 Å². The van der Waals surface area contributed by atoms with Crippen LogP contribution in [0.2, 0.25) is 0 Å². The fourth-order valence-corrected chi connectivity index (χ4v) is 3.65. The van der Waals surface area contributed by atoms with E-state index in [4.69, 9.17) is 10.5 Å². The van der Waals surface area contributed by atoms with Crippen LogP contribution in [0.3, 0.4) is 0 Å². The maximum atomic E-state index is 6.22. The molecule has 0 unspecified atom stereocenters. The molecule has 1 aliphatic heterocycles. The zero-order valence-electron chi connectivity index (χ0n) is 17.1. The molecule has 30 heavy (non-hydrogen) atoms. The summed E-state index contributed by atoms with van der Waals surface area (Å²) in [6, 6.07) is 0. The fourth-order valence-electron chi connectivity index (χ4n) is 3.65. The number of ether oxygens (including phenoxy) is 1. The quantitative estimate of drug-likeness (QED) is 0.472. The van der Waals surface area contributed by atoms with Crippen molar-refractivity contribution in [3.63, 3.8) is 0 Å². The fraction of sp³-hybridized carbons (Fsp3) is 0.300. The molecule has 0 atom stereocenters. The number of aryl methyl sites for hydroxylation is 2. The predicted molar refractivity (Wildman–Crippen MR) is 114 cm³/mol. The Labute approximate surface area is 173 Å². The summed E-state index contributed by atoms with van der Waals surface area (Å²) in [5, 5.41) is 8.89. The first-order valence-electron chi connectivity index (χ1n) is 9.67. The summed E-state index contributed by atoms with van der Waals surface area (Å²) in [5.74, 6) is 0.888. The van der Waals surface area contributed by atoms with Crippen molar-refractivity contribution in [2.75, 3.05) is 25.9 Å². The van der Waals surface area contributed by atoms with Crippen LogP contribution in [-0.2, 0) is 20.6 Å². The van der Waals surface area contributed by atoms with Crippen molar-refractivity contribution >= 4 is 23.6 Å². The molecule has 0 saturated carbocycles. The van der Waals surface area contributed by atoms with Crippen LogP contribution in [-0.4, -0.2) is 59.0 Å². The molecular formula is C20H23N9O. The number of aromatic nitrogens is 7. The highest BCUT2D eigenvalue weighted by molar-refractivity contribution is 5.75. The molecule has 4 aromatic rings. The molecule has 154 valence electrons. The summed E-state index contributed by atoms with van der Waals surface area (Å²) >= 11 is 0. The molecule has 2 N–H and O–H groups in total. The van der Waals surface area contributed by atoms with Gasteiger partial charge in [0.15, 0.2) is 11.5 Å². The van der Waals surface area contributed by atoms with Crippen LogP contribution in [0.4, 0.5) is 5.82 Å². The van der Waals surface area contributed by atoms with Gasteiger partial charge in [0.2, 0.25) is 5.88 Å². The largest absolute Gasteiger partial charge is 0.475 e. The van der Waals surface area contributed by atoms with Gasteiger partial charge in [-0.3, -0.25) is 18.7 Å². The molecule has 0 fully saturated rings. The molecule has 1 aliphatic rings. The third-order valence-corrected chi connectivity index (χ3v) is 5.28. The number of likely N-dealkylation sites (N-methyl/N-ethyl adjacent to an activating group) is 1. The minimum absolute atomic E-state index is 0.355. The Bertz CT molecular complexity index is 1260. The van der Waals surface area contributed by atoms with Crippen LogP contribution in [0, 0.1) is 0 Å². The number of rotatable bonds is 0. The van der Waals surface area contributed by atoms with E-state index in [0.717, 1.165) is 35.6 Å². The molecule has 0 aliphatic carbocycles. The number of nitrogens with two attached hydrogens (primary N) is 1. The Morgan fingerprint density at radius 2 is 1.97 bits per heavy atom. The van der Waals surface area contributed by atoms with Crippen LogP contribution in [0.15, 0.2) is 24.8 Å². The van der Waals surface area contributed by atoms with Crippen molar-refractivity contribution < 1.29 is 4.74 Å². The molecule has 10 nitrogen and oxygen atoms in total. The van der Waals surface area contributed by atoms with Gasteiger partial charge in [-0.15, -0.1) is 5.10 Å². The van der Waals surface area contributed by atoms with Gasteiger partial charge in [0.1, 0.15) is 6.61 Å². The van der Waals surface area contributed by atoms with Crippen molar-refractivity contribution in [1.29, 1.82) is 0 Å². The summed E-state index contributed by atoms with van der Waals surface area (Å²) in [6.07, 6.45) is 11.5. The van der Waals surface area contributed by atoms with Gasteiger partial charge >= 0.3 is 0 Å². The minimum Gasteiger partial charge on any atom is -0.475 e. The van der Waals surface area contributed by atoms with Gasteiger partial charge < -0.3 is 10.5 Å². The summed E-state index contributed by atoms with van der Waals surface area (Å²) in [5.41, 5.74) is 11.4. The van der Waals surface area contributed by atoms with E-state index in [0.29, 0.717) is 29.6 Å². The topological polar surface area (TPSA) is 104 Å². The van der Waals surface area contributed by atoms with E-state index in [1.54, 1.807) is 10.9 Å². The molecule has 0 radical (unpaired) electrons. The lowest BCUT2D eigenvalue weighted by molar-refractivity contribution is 0.223. The molecule has 0 amide bonds. The maximum absolute atomic E-state index is 6.22. The van der Waals surface area contributed by atoms with E-state index in [1.165, 1.54) is 0 Å².